The third kappa shape index (κ3) is 4.98. The number of thioether (sulfide) groups is 1. The normalized spacial score (nSPS) is 13.4. The summed E-state index contributed by atoms with van der Waals surface area (Å²) in [6.07, 6.45) is 5.12. The second-order valence-corrected chi connectivity index (χ2v) is 5.68. The molecule has 1 amide bonds. The minimum absolute atomic E-state index is 0.0324. The number of amides is 1. The van der Waals surface area contributed by atoms with Crippen molar-refractivity contribution in [3.8, 4) is 12.3 Å². The topological polar surface area (TPSA) is 41.1 Å². The first-order valence-corrected chi connectivity index (χ1v) is 7.11. The second-order valence-electron chi connectivity index (χ2n) is 4.26. The van der Waals surface area contributed by atoms with Crippen LogP contribution in [0.5, 0.6) is 0 Å². The molecular weight excluding hydrogens is 256 g/mol. The van der Waals surface area contributed by atoms with E-state index < -0.39 is 0 Å². The fraction of sp³-hybridized carbons (Fsp3) is 0.400. The number of carbonyl (C=O) groups is 1. The van der Waals surface area contributed by atoms with Crippen molar-refractivity contribution in [3.63, 3.8) is 0 Å². The fourth-order valence-corrected chi connectivity index (χ4v) is 2.52. The van der Waals surface area contributed by atoms with Gasteiger partial charge in [0, 0.05) is 10.9 Å². The van der Waals surface area contributed by atoms with Gasteiger partial charge in [-0.05, 0) is 38.6 Å². The summed E-state index contributed by atoms with van der Waals surface area (Å²) in [5, 5.41) is 5.74. The van der Waals surface area contributed by atoms with Gasteiger partial charge in [-0.1, -0.05) is 18.1 Å². The van der Waals surface area contributed by atoms with Crippen LogP contribution in [0.25, 0.3) is 0 Å². The quantitative estimate of drug-likeness (QED) is 0.618. The lowest BCUT2D eigenvalue weighted by molar-refractivity contribution is -0.120. The Morgan fingerprint density at radius 1 is 1.47 bits per heavy atom. The summed E-state index contributed by atoms with van der Waals surface area (Å²) in [7, 11) is 1.93. The van der Waals surface area contributed by atoms with E-state index in [4.69, 9.17) is 6.42 Å². The average Bonchev–Trinajstić information content (AvgIpc) is 2.44. The Kier molecular flexibility index (Phi) is 6.48. The van der Waals surface area contributed by atoms with Crippen molar-refractivity contribution in [1.82, 2.24) is 10.6 Å². The molecule has 4 heteroatoms. The van der Waals surface area contributed by atoms with Crippen molar-refractivity contribution in [2.45, 2.75) is 30.0 Å². The maximum Gasteiger partial charge on any atom is 0.233 e. The smallest absolute Gasteiger partial charge is 0.233 e. The van der Waals surface area contributed by atoms with E-state index in [1.165, 1.54) is 17.3 Å². The van der Waals surface area contributed by atoms with E-state index >= 15 is 0 Å². The molecule has 1 aromatic rings. The van der Waals surface area contributed by atoms with Gasteiger partial charge in [-0.3, -0.25) is 4.79 Å². The molecule has 0 radical (unpaired) electrons. The highest BCUT2D eigenvalue weighted by atomic mass is 32.2. The van der Waals surface area contributed by atoms with Crippen LogP contribution in [-0.4, -0.2) is 24.7 Å². The summed E-state index contributed by atoms with van der Waals surface area (Å²) < 4.78 is 0. The molecule has 1 rings (SSSR count). The van der Waals surface area contributed by atoms with E-state index in [0.29, 0.717) is 6.04 Å². The molecule has 0 aliphatic rings. The van der Waals surface area contributed by atoms with Gasteiger partial charge in [0.2, 0.25) is 5.91 Å². The highest BCUT2D eigenvalue weighted by Crippen LogP contribution is 2.26. The first kappa shape index (κ1) is 15.6. The van der Waals surface area contributed by atoms with Gasteiger partial charge in [0.1, 0.15) is 0 Å². The molecule has 0 bridgehead atoms. The average molecular weight is 276 g/mol. The number of hydrogen-bond donors (Lipinski definition) is 2. The molecule has 0 aliphatic heterocycles. The molecule has 2 unspecified atom stereocenters. The first-order chi connectivity index (χ1) is 9.08. The predicted molar refractivity (Wildman–Crippen MR) is 81.1 cm³/mol. The third-order valence-electron chi connectivity index (χ3n) is 2.84. The lowest BCUT2D eigenvalue weighted by atomic mass is 10.1. The van der Waals surface area contributed by atoms with Crippen molar-refractivity contribution in [3.05, 3.63) is 29.8 Å². The molecule has 102 valence electrons. The molecular formula is C15H20N2OS. The van der Waals surface area contributed by atoms with Crippen LogP contribution in [0.4, 0.5) is 0 Å². The van der Waals surface area contributed by atoms with Crippen LogP contribution in [-0.2, 0) is 4.79 Å². The first-order valence-electron chi connectivity index (χ1n) is 6.23. The minimum Gasteiger partial charge on any atom is -0.344 e. The summed E-state index contributed by atoms with van der Waals surface area (Å²) in [6, 6.07) is 8.51. The van der Waals surface area contributed by atoms with E-state index in [1.807, 2.05) is 26.1 Å². The van der Waals surface area contributed by atoms with E-state index in [0.717, 1.165) is 4.90 Å². The zero-order chi connectivity index (χ0) is 14.3. The standard InChI is InChI=1S/C15H20N2OS/c1-5-9-17-15(18)12(3)19-14-8-6-7-13(10-14)11(2)16-4/h1,6-8,10-12,16H,9H2,2-4H3,(H,17,18). The summed E-state index contributed by atoms with van der Waals surface area (Å²) in [6.45, 7) is 4.26. The summed E-state index contributed by atoms with van der Waals surface area (Å²) in [5.74, 6) is 2.37. The minimum atomic E-state index is -0.159. The number of carbonyl (C=O) groups excluding carboxylic acids is 1. The van der Waals surface area contributed by atoms with Crippen LogP contribution < -0.4 is 10.6 Å². The maximum atomic E-state index is 11.7. The summed E-state index contributed by atoms with van der Waals surface area (Å²) >= 11 is 1.54. The molecule has 2 N–H and O–H groups in total. The summed E-state index contributed by atoms with van der Waals surface area (Å²) in [5.41, 5.74) is 1.21. The Hall–Kier alpha value is -1.44. The van der Waals surface area contributed by atoms with Crippen molar-refractivity contribution in [1.29, 1.82) is 0 Å². The van der Waals surface area contributed by atoms with E-state index in [-0.39, 0.29) is 17.7 Å². The Bertz CT molecular complexity index is 467. The number of terminal acetylenes is 1. The molecule has 19 heavy (non-hydrogen) atoms. The van der Waals surface area contributed by atoms with E-state index in [2.05, 4.69) is 35.6 Å². The molecule has 3 nitrogen and oxygen atoms in total. The van der Waals surface area contributed by atoms with Crippen LogP contribution in [0.1, 0.15) is 25.5 Å². The molecule has 0 saturated carbocycles. The highest BCUT2D eigenvalue weighted by Gasteiger charge is 2.14. The molecule has 0 aliphatic carbocycles. The van der Waals surface area contributed by atoms with Crippen LogP contribution in [0, 0.1) is 12.3 Å². The third-order valence-corrected chi connectivity index (χ3v) is 3.93. The van der Waals surface area contributed by atoms with Gasteiger partial charge in [0.25, 0.3) is 0 Å². The Labute approximate surface area is 119 Å². The second kappa shape index (κ2) is 7.88. The number of benzene rings is 1. The largest absolute Gasteiger partial charge is 0.344 e. The Morgan fingerprint density at radius 2 is 2.21 bits per heavy atom. The van der Waals surface area contributed by atoms with Gasteiger partial charge >= 0.3 is 0 Å². The fourth-order valence-electron chi connectivity index (χ4n) is 1.56. The monoisotopic (exact) mass is 276 g/mol. The van der Waals surface area contributed by atoms with Crippen molar-refractivity contribution < 1.29 is 4.79 Å². The van der Waals surface area contributed by atoms with Gasteiger partial charge in [-0.2, -0.15) is 0 Å². The van der Waals surface area contributed by atoms with Crippen molar-refractivity contribution >= 4 is 17.7 Å². The number of hydrogen-bond acceptors (Lipinski definition) is 3. The molecule has 0 spiro atoms. The van der Waals surface area contributed by atoms with Gasteiger partial charge in [-0.15, -0.1) is 18.2 Å². The lowest BCUT2D eigenvalue weighted by Gasteiger charge is -2.14. The van der Waals surface area contributed by atoms with Crippen LogP contribution in [0.15, 0.2) is 29.2 Å². The number of nitrogens with one attached hydrogen (secondary N) is 2. The van der Waals surface area contributed by atoms with E-state index in [9.17, 15) is 4.79 Å². The molecule has 0 aromatic heterocycles. The zero-order valence-corrected chi connectivity index (χ0v) is 12.4. The van der Waals surface area contributed by atoms with Crippen molar-refractivity contribution in [2.75, 3.05) is 13.6 Å². The Balaban J connectivity index is 2.66. The predicted octanol–water partition coefficient (Wildman–Crippen LogP) is 2.20. The van der Waals surface area contributed by atoms with Crippen LogP contribution in [0.2, 0.25) is 0 Å². The number of rotatable bonds is 6. The van der Waals surface area contributed by atoms with Gasteiger partial charge in [0.05, 0.1) is 11.8 Å². The SMILES string of the molecule is C#CCNC(=O)C(C)Sc1cccc(C(C)NC)c1. The molecule has 2 atom stereocenters. The lowest BCUT2D eigenvalue weighted by Crippen LogP contribution is -2.31. The highest BCUT2D eigenvalue weighted by molar-refractivity contribution is 8.00. The van der Waals surface area contributed by atoms with Gasteiger partial charge in [0.15, 0.2) is 0 Å². The van der Waals surface area contributed by atoms with Gasteiger partial charge in [-0.25, -0.2) is 0 Å². The van der Waals surface area contributed by atoms with Crippen LogP contribution >= 0.6 is 11.8 Å². The Morgan fingerprint density at radius 3 is 2.84 bits per heavy atom. The molecule has 0 heterocycles. The molecule has 1 aromatic carbocycles. The molecule has 0 fully saturated rings. The molecule has 0 saturated heterocycles. The zero-order valence-electron chi connectivity index (χ0n) is 11.6. The maximum absolute atomic E-state index is 11.7. The summed E-state index contributed by atoms with van der Waals surface area (Å²) in [4.78, 5) is 12.8. The van der Waals surface area contributed by atoms with Crippen LogP contribution in [0.3, 0.4) is 0 Å². The van der Waals surface area contributed by atoms with Gasteiger partial charge < -0.3 is 10.6 Å². The van der Waals surface area contributed by atoms with Crippen molar-refractivity contribution in [2.24, 2.45) is 0 Å². The van der Waals surface area contributed by atoms with E-state index in [1.54, 1.807) is 0 Å².